The van der Waals surface area contributed by atoms with Crippen molar-refractivity contribution in [3.63, 3.8) is 0 Å². The number of aliphatic hydroxyl groups is 1. The SMILES string of the molecule is CC.CC(F)/C=N\C(=O)N(C)CC1CC(CO)C1. The van der Waals surface area contributed by atoms with Crippen LogP contribution in [0.3, 0.4) is 0 Å². The molecule has 1 atom stereocenters. The van der Waals surface area contributed by atoms with Crippen molar-refractivity contribution in [2.24, 2.45) is 16.8 Å². The molecule has 106 valence electrons. The highest BCUT2D eigenvalue weighted by molar-refractivity contribution is 5.84. The summed E-state index contributed by atoms with van der Waals surface area (Å²) < 4.78 is 12.4. The van der Waals surface area contributed by atoms with Crippen LogP contribution in [0.5, 0.6) is 0 Å². The lowest BCUT2D eigenvalue weighted by Gasteiger charge is -2.36. The van der Waals surface area contributed by atoms with E-state index >= 15 is 0 Å². The van der Waals surface area contributed by atoms with Gasteiger partial charge in [-0.1, -0.05) is 13.8 Å². The lowest BCUT2D eigenvalue weighted by atomic mass is 9.75. The summed E-state index contributed by atoms with van der Waals surface area (Å²) in [5.41, 5.74) is 0. The third-order valence-electron chi connectivity index (χ3n) is 2.84. The average Bonchev–Trinajstić information content (AvgIpc) is 2.32. The van der Waals surface area contributed by atoms with Crippen molar-refractivity contribution in [3.05, 3.63) is 0 Å². The van der Waals surface area contributed by atoms with Crippen LogP contribution in [0.1, 0.15) is 33.6 Å². The van der Waals surface area contributed by atoms with Crippen LogP contribution in [0.2, 0.25) is 0 Å². The van der Waals surface area contributed by atoms with Crippen molar-refractivity contribution in [1.82, 2.24) is 4.90 Å². The van der Waals surface area contributed by atoms with E-state index in [0.29, 0.717) is 18.4 Å². The van der Waals surface area contributed by atoms with Gasteiger partial charge in [-0.15, -0.1) is 0 Å². The molecule has 2 amide bonds. The number of aliphatic hydroxyl groups excluding tert-OH is 1. The van der Waals surface area contributed by atoms with Crippen LogP contribution in [0, 0.1) is 11.8 Å². The van der Waals surface area contributed by atoms with Gasteiger partial charge in [-0.2, -0.15) is 0 Å². The van der Waals surface area contributed by atoms with Crippen molar-refractivity contribution in [2.45, 2.75) is 39.8 Å². The molecule has 1 N–H and O–H groups in total. The number of alkyl halides is 1. The molecule has 5 heteroatoms. The lowest BCUT2D eigenvalue weighted by molar-refractivity contribution is 0.0906. The minimum atomic E-state index is -1.19. The van der Waals surface area contributed by atoms with Crippen molar-refractivity contribution >= 4 is 12.2 Å². The van der Waals surface area contributed by atoms with Crippen LogP contribution < -0.4 is 0 Å². The summed E-state index contributed by atoms with van der Waals surface area (Å²) in [4.78, 5) is 16.4. The topological polar surface area (TPSA) is 52.9 Å². The zero-order valence-corrected chi connectivity index (χ0v) is 11.8. The number of hydrogen-bond donors (Lipinski definition) is 1. The number of nitrogens with zero attached hydrogens (tertiary/aromatic N) is 2. The minimum absolute atomic E-state index is 0.228. The number of amides is 2. The molecule has 0 aliphatic heterocycles. The van der Waals surface area contributed by atoms with Gasteiger partial charge in [0.25, 0.3) is 0 Å². The highest BCUT2D eigenvalue weighted by Crippen LogP contribution is 2.33. The van der Waals surface area contributed by atoms with E-state index in [0.717, 1.165) is 19.1 Å². The van der Waals surface area contributed by atoms with Crippen LogP contribution in [-0.2, 0) is 0 Å². The van der Waals surface area contributed by atoms with Crippen LogP contribution in [0.4, 0.5) is 9.18 Å². The Bertz CT molecular complexity index is 264. The van der Waals surface area contributed by atoms with Crippen LogP contribution >= 0.6 is 0 Å². The van der Waals surface area contributed by atoms with Gasteiger partial charge >= 0.3 is 6.03 Å². The van der Waals surface area contributed by atoms with Gasteiger partial charge < -0.3 is 10.0 Å². The molecule has 1 saturated carbocycles. The second-order valence-electron chi connectivity index (χ2n) is 4.50. The van der Waals surface area contributed by atoms with Gasteiger partial charge in [0.05, 0.1) is 0 Å². The van der Waals surface area contributed by atoms with Gasteiger partial charge in [0.15, 0.2) is 0 Å². The summed E-state index contributed by atoms with van der Waals surface area (Å²) in [6.45, 7) is 6.19. The Hall–Kier alpha value is -0.970. The first-order valence-electron chi connectivity index (χ1n) is 6.57. The van der Waals surface area contributed by atoms with Gasteiger partial charge in [-0.25, -0.2) is 14.2 Å². The monoisotopic (exact) mass is 260 g/mol. The van der Waals surface area contributed by atoms with Crippen molar-refractivity contribution in [1.29, 1.82) is 0 Å². The molecule has 0 radical (unpaired) electrons. The van der Waals surface area contributed by atoms with Gasteiger partial charge in [0.2, 0.25) is 0 Å². The normalized spacial score (nSPS) is 23.9. The standard InChI is InChI=1S/C11H19FN2O2.C2H6/c1-8(12)5-13-11(16)14(2)6-9-3-10(4-9)7-15;1-2/h5,8-10,15H,3-4,6-7H2,1-2H3;1-2H3/b13-5-;. The molecule has 0 heterocycles. The lowest BCUT2D eigenvalue weighted by Crippen LogP contribution is -2.37. The Balaban J connectivity index is 0.00000137. The molecule has 1 aliphatic rings. The maximum absolute atomic E-state index is 12.4. The van der Waals surface area contributed by atoms with E-state index in [2.05, 4.69) is 4.99 Å². The van der Waals surface area contributed by atoms with Crippen molar-refractivity contribution in [2.75, 3.05) is 20.2 Å². The van der Waals surface area contributed by atoms with Gasteiger partial charge in [0, 0.05) is 26.4 Å². The number of aliphatic imine (C=N–C) groups is 1. The third kappa shape index (κ3) is 6.10. The first-order chi connectivity index (χ1) is 8.52. The number of rotatable bonds is 4. The molecule has 0 bridgehead atoms. The van der Waals surface area contributed by atoms with E-state index in [-0.39, 0.29) is 6.61 Å². The molecule has 1 rings (SSSR count). The smallest absolute Gasteiger partial charge is 0.343 e. The molecule has 0 aromatic heterocycles. The molecule has 0 aromatic rings. The zero-order chi connectivity index (χ0) is 14.1. The number of halogens is 1. The van der Waals surface area contributed by atoms with Crippen LogP contribution in [0.25, 0.3) is 0 Å². The highest BCUT2D eigenvalue weighted by Gasteiger charge is 2.29. The Kier molecular flexibility index (Phi) is 8.54. The number of urea groups is 1. The van der Waals surface area contributed by atoms with E-state index < -0.39 is 12.2 Å². The maximum atomic E-state index is 12.4. The summed E-state index contributed by atoms with van der Waals surface area (Å²) in [5.74, 6) is 0.840. The summed E-state index contributed by atoms with van der Waals surface area (Å²) in [6, 6.07) is -0.406. The summed E-state index contributed by atoms with van der Waals surface area (Å²) in [5, 5.41) is 8.85. The predicted molar refractivity (Wildman–Crippen MR) is 71.7 cm³/mol. The molecular formula is C13H25FN2O2. The Morgan fingerprint density at radius 1 is 1.50 bits per heavy atom. The molecule has 4 nitrogen and oxygen atoms in total. The fraction of sp³-hybridized carbons (Fsp3) is 0.846. The number of carbonyl (C=O) groups is 1. The summed E-state index contributed by atoms with van der Waals surface area (Å²) in [6.07, 6.45) is 1.73. The van der Waals surface area contributed by atoms with E-state index in [1.165, 1.54) is 11.8 Å². The molecule has 0 saturated heterocycles. The molecule has 0 aromatic carbocycles. The number of hydrogen-bond acceptors (Lipinski definition) is 2. The largest absolute Gasteiger partial charge is 0.396 e. The summed E-state index contributed by atoms with van der Waals surface area (Å²) >= 11 is 0. The van der Waals surface area contributed by atoms with E-state index in [4.69, 9.17) is 5.11 Å². The molecule has 1 aliphatic carbocycles. The van der Waals surface area contributed by atoms with Crippen LogP contribution in [-0.4, -0.2) is 48.6 Å². The molecular weight excluding hydrogens is 235 g/mol. The quantitative estimate of drug-likeness (QED) is 0.790. The molecule has 1 fully saturated rings. The van der Waals surface area contributed by atoms with Gasteiger partial charge in [-0.3, -0.25) is 0 Å². The predicted octanol–water partition coefficient (Wildman–Crippen LogP) is 2.51. The Morgan fingerprint density at radius 2 is 2.06 bits per heavy atom. The van der Waals surface area contributed by atoms with Gasteiger partial charge in [-0.05, 0) is 31.6 Å². The first-order valence-corrected chi connectivity index (χ1v) is 6.57. The van der Waals surface area contributed by atoms with E-state index in [1.807, 2.05) is 13.8 Å². The second kappa shape index (κ2) is 9.03. The number of carbonyl (C=O) groups excluding carboxylic acids is 1. The fourth-order valence-corrected chi connectivity index (χ4v) is 1.90. The van der Waals surface area contributed by atoms with E-state index in [9.17, 15) is 9.18 Å². The molecule has 18 heavy (non-hydrogen) atoms. The van der Waals surface area contributed by atoms with Crippen molar-refractivity contribution in [3.8, 4) is 0 Å². The maximum Gasteiger partial charge on any atom is 0.343 e. The summed E-state index contributed by atoms with van der Waals surface area (Å²) in [7, 11) is 1.66. The van der Waals surface area contributed by atoms with Gasteiger partial charge in [0.1, 0.15) is 6.17 Å². The minimum Gasteiger partial charge on any atom is -0.396 e. The molecule has 1 unspecified atom stereocenters. The van der Waals surface area contributed by atoms with E-state index in [1.54, 1.807) is 7.05 Å². The van der Waals surface area contributed by atoms with Crippen LogP contribution in [0.15, 0.2) is 4.99 Å². The van der Waals surface area contributed by atoms with Crippen molar-refractivity contribution < 1.29 is 14.3 Å². The fourth-order valence-electron chi connectivity index (χ4n) is 1.90. The third-order valence-corrected chi connectivity index (χ3v) is 2.84. The second-order valence-corrected chi connectivity index (χ2v) is 4.50. The Labute approximate surface area is 109 Å². The Morgan fingerprint density at radius 3 is 2.50 bits per heavy atom. The zero-order valence-electron chi connectivity index (χ0n) is 11.8. The first kappa shape index (κ1) is 17.0. The average molecular weight is 260 g/mol. The highest BCUT2D eigenvalue weighted by atomic mass is 19.1. The molecule has 0 spiro atoms.